The first-order chi connectivity index (χ1) is 7.30. The maximum atomic E-state index is 11.5. The van der Waals surface area contributed by atoms with Crippen LogP contribution in [0, 0.1) is 5.92 Å². The summed E-state index contributed by atoms with van der Waals surface area (Å²) in [4.78, 5) is 16.0. The Labute approximate surface area is 96.6 Å². The van der Waals surface area contributed by atoms with Crippen LogP contribution in [0.4, 0.5) is 9.32 Å². The Bertz CT molecular complexity index is 216. The molecule has 0 aromatic rings. The van der Waals surface area contributed by atoms with Crippen LogP contribution in [0.2, 0.25) is 0 Å². The van der Waals surface area contributed by atoms with Crippen LogP contribution in [0.5, 0.6) is 0 Å². The number of carbonyl (C=O) groups is 1. The van der Waals surface area contributed by atoms with Gasteiger partial charge in [-0.3, -0.25) is 0 Å². The molecule has 0 N–H and O–H groups in total. The Hall–Kier alpha value is -0.840. The molecule has 0 aromatic heterocycles. The summed E-state index contributed by atoms with van der Waals surface area (Å²) < 4.78 is 15.0. The number of ether oxygens (including phenoxy) is 1. The fraction of sp³-hybridized carbons (Fsp3) is 0.909. The Balaban J connectivity index is 0.000000673. The highest BCUT2D eigenvalue weighted by Crippen LogP contribution is 2.18. The lowest BCUT2D eigenvalue weighted by atomic mass is 10.2. The average Bonchev–Trinajstić information content (AvgIpc) is 2.50. The first-order valence-electron chi connectivity index (χ1n) is 5.42. The van der Waals surface area contributed by atoms with Crippen molar-refractivity contribution in [2.45, 2.75) is 39.7 Å². The second-order valence-electron chi connectivity index (χ2n) is 4.97. The van der Waals surface area contributed by atoms with Crippen LogP contribution >= 0.6 is 0 Å². The number of amides is 1. The molecule has 0 saturated carbocycles. The lowest BCUT2D eigenvalue weighted by Gasteiger charge is -2.24. The summed E-state index contributed by atoms with van der Waals surface area (Å²) in [6, 6.07) is 0. The zero-order chi connectivity index (χ0) is 12.8. The minimum atomic E-state index is -0.372. The second kappa shape index (κ2) is 6.68. The first kappa shape index (κ1) is 15.2. The standard InChI is InChI=1S/C10H19NO2.CH3FO/c1-8-5-6-11(7-8)9(12)13-10(2,3)4;1-3-2/h8H,5-7H2,1-4H3;1H3. The van der Waals surface area contributed by atoms with Gasteiger partial charge in [0.1, 0.15) is 5.60 Å². The monoisotopic (exact) mass is 235 g/mol. The SMILES string of the molecule is CC1CCN(C(=O)OC(C)(C)C)C1.COF. The molecule has 0 radical (unpaired) electrons. The minimum absolute atomic E-state index is 0.170. The van der Waals surface area contributed by atoms with Crippen LogP contribution in [-0.4, -0.2) is 36.8 Å². The van der Waals surface area contributed by atoms with Crippen molar-refractivity contribution in [3.63, 3.8) is 0 Å². The fourth-order valence-electron chi connectivity index (χ4n) is 1.43. The molecule has 1 amide bonds. The number of rotatable bonds is 0. The topological polar surface area (TPSA) is 38.8 Å². The van der Waals surface area contributed by atoms with Crippen LogP contribution in [0.1, 0.15) is 34.1 Å². The Morgan fingerprint density at radius 3 is 2.25 bits per heavy atom. The van der Waals surface area contributed by atoms with Crippen LogP contribution in [0.25, 0.3) is 0 Å². The Morgan fingerprint density at radius 1 is 1.44 bits per heavy atom. The minimum Gasteiger partial charge on any atom is -0.444 e. The van der Waals surface area contributed by atoms with Gasteiger partial charge in [0.25, 0.3) is 0 Å². The van der Waals surface area contributed by atoms with Crippen LogP contribution in [0.3, 0.4) is 0 Å². The number of carbonyl (C=O) groups excluding carboxylic acids is 1. The normalized spacial score (nSPS) is 20.1. The van der Waals surface area contributed by atoms with Gasteiger partial charge < -0.3 is 9.64 Å². The van der Waals surface area contributed by atoms with E-state index in [1.165, 1.54) is 0 Å². The van der Waals surface area contributed by atoms with E-state index in [0.29, 0.717) is 5.92 Å². The summed E-state index contributed by atoms with van der Waals surface area (Å²) >= 11 is 0. The molecule has 0 bridgehead atoms. The van der Waals surface area contributed by atoms with Gasteiger partial charge in [0.05, 0.1) is 7.11 Å². The molecule has 1 atom stereocenters. The van der Waals surface area contributed by atoms with Crippen LogP contribution in [-0.2, 0) is 9.68 Å². The maximum Gasteiger partial charge on any atom is 0.410 e. The number of likely N-dealkylation sites (tertiary alicyclic amines) is 1. The molecule has 1 aliphatic rings. The molecule has 1 fully saturated rings. The highest BCUT2D eigenvalue weighted by Gasteiger charge is 2.27. The molecule has 1 saturated heterocycles. The van der Waals surface area contributed by atoms with Gasteiger partial charge in [0.15, 0.2) is 0 Å². The van der Waals surface area contributed by atoms with Gasteiger partial charge >= 0.3 is 6.09 Å². The molecule has 0 aliphatic carbocycles. The second-order valence-corrected chi connectivity index (χ2v) is 4.97. The average molecular weight is 235 g/mol. The van der Waals surface area contributed by atoms with Gasteiger partial charge in [0, 0.05) is 13.1 Å². The largest absolute Gasteiger partial charge is 0.444 e. The van der Waals surface area contributed by atoms with Gasteiger partial charge in [-0.05, 0) is 37.6 Å². The molecule has 1 heterocycles. The summed E-state index contributed by atoms with van der Waals surface area (Å²) in [6.45, 7) is 9.52. The van der Waals surface area contributed by atoms with E-state index >= 15 is 0 Å². The van der Waals surface area contributed by atoms with Crippen molar-refractivity contribution in [2.75, 3.05) is 20.2 Å². The van der Waals surface area contributed by atoms with Crippen molar-refractivity contribution in [3.8, 4) is 0 Å². The van der Waals surface area contributed by atoms with E-state index in [-0.39, 0.29) is 11.7 Å². The molecule has 16 heavy (non-hydrogen) atoms. The van der Waals surface area contributed by atoms with Crippen molar-refractivity contribution in [2.24, 2.45) is 5.92 Å². The van der Waals surface area contributed by atoms with E-state index in [1.807, 2.05) is 20.8 Å². The summed E-state index contributed by atoms with van der Waals surface area (Å²) in [6.07, 6.45) is 0.927. The molecule has 4 nitrogen and oxygen atoms in total. The van der Waals surface area contributed by atoms with Crippen molar-refractivity contribution in [1.29, 1.82) is 0 Å². The molecule has 1 unspecified atom stereocenters. The van der Waals surface area contributed by atoms with E-state index in [9.17, 15) is 9.32 Å². The summed E-state index contributed by atoms with van der Waals surface area (Å²) in [5.41, 5.74) is -0.372. The molecular formula is C11H22FNO3. The summed E-state index contributed by atoms with van der Waals surface area (Å²) in [5, 5.41) is 0. The zero-order valence-electron chi connectivity index (χ0n) is 10.7. The quantitative estimate of drug-likeness (QED) is 0.648. The smallest absolute Gasteiger partial charge is 0.410 e. The third kappa shape index (κ3) is 6.61. The zero-order valence-corrected chi connectivity index (χ0v) is 10.7. The fourth-order valence-corrected chi connectivity index (χ4v) is 1.43. The Morgan fingerprint density at radius 2 is 1.94 bits per heavy atom. The van der Waals surface area contributed by atoms with Gasteiger partial charge in [-0.1, -0.05) is 6.92 Å². The third-order valence-electron chi connectivity index (χ3n) is 2.08. The molecule has 0 spiro atoms. The van der Waals surface area contributed by atoms with Crippen molar-refractivity contribution in [1.82, 2.24) is 4.90 Å². The molecule has 5 heteroatoms. The lowest BCUT2D eigenvalue weighted by molar-refractivity contribution is -0.0960. The molecular weight excluding hydrogens is 213 g/mol. The van der Waals surface area contributed by atoms with Crippen molar-refractivity contribution in [3.05, 3.63) is 0 Å². The number of nitrogens with zero attached hydrogens (tertiary/aromatic N) is 1. The number of hydrogen-bond acceptors (Lipinski definition) is 3. The van der Waals surface area contributed by atoms with Gasteiger partial charge in [-0.25, -0.2) is 4.79 Å². The number of halogens is 1. The molecule has 1 rings (SSSR count). The van der Waals surface area contributed by atoms with Gasteiger partial charge in [-0.15, -0.1) is 0 Å². The summed E-state index contributed by atoms with van der Waals surface area (Å²) in [7, 11) is 0.958. The molecule has 0 aromatic carbocycles. The van der Waals surface area contributed by atoms with Gasteiger partial charge in [0.2, 0.25) is 0 Å². The van der Waals surface area contributed by atoms with Gasteiger partial charge in [-0.2, -0.15) is 4.94 Å². The highest BCUT2D eigenvalue weighted by atomic mass is 19.3. The Kier molecular flexibility index (Phi) is 6.33. The predicted molar refractivity (Wildman–Crippen MR) is 59.7 cm³/mol. The lowest BCUT2D eigenvalue weighted by Crippen LogP contribution is -2.35. The summed E-state index contributed by atoms with van der Waals surface area (Å²) in [5.74, 6) is 0.618. The van der Waals surface area contributed by atoms with E-state index in [1.54, 1.807) is 4.90 Å². The van der Waals surface area contributed by atoms with Crippen molar-refractivity contribution >= 4 is 6.09 Å². The highest BCUT2D eigenvalue weighted by molar-refractivity contribution is 5.68. The first-order valence-corrected chi connectivity index (χ1v) is 5.42. The van der Waals surface area contributed by atoms with Crippen LogP contribution in [0.15, 0.2) is 0 Å². The maximum absolute atomic E-state index is 11.5. The predicted octanol–water partition coefficient (Wildman–Crippen LogP) is 2.78. The third-order valence-corrected chi connectivity index (χ3v) is 2.08. The van der Waals surface area contributed by atoms with E-state index in [2.05, 4.69) is 11.9 Å². The number of hydrogen-bond donors (Lipinski definition) is 0. The van der Waals surface area contributed by atoms with E-state index in [0.717, 1.165) is 26.6 Å². The van der Waals surface area contributed by atoms with Crippen molar-refractivity contribution < 1.29 is 19.0 Å². The molecule has 96 valence electrons. The van der Waals surface area contributed by atoms with E-state index < -0.39 is 0 Å². The van der Waals surface area contributed by atoms with E-state index in [4.69, 9.17) is 4.74 Å². The molecule has 1 aliphatic heterocycles. The van der Waals surface area contributed by atoms with Crippen LogP contribution < -0.4 is 0 Å².